The number of carbonyl (C=O) groups excluding carboxylic acids is 1. The fraction of sp³-hybridized carbons (Fsp3) is 0.389. The summed E-state index contributed by atoms with van der Waals surface area (Å²) < 4.78 is 1.87. The Balaban J connectivity index is 1.30. The van der Waals surface area contributed by atoms with Crippen molar-refractivity contribution in [3.05, 3.63) is 48.3 Å². The number of urea groups is 1. The second-order valence-electron chi connectivity index (χ2n) is 6.60. The van der Waals surface area contributed by atoms with Crippen molar-refractivity contribution in [2.45, 2.75) is 18.4 Å². The van der Waals surface area contributed by atoms with Gasteiger partial charge in [0.25, 0.3) is 0 Å². The van der Waals surface area contributed by atoms with Gasteiger partial charge in [-0.1, -0.05) is 18.2 Å². The van der Waals surface area contributed by atoms with Gasteiger partial charge < -0.3 is 15.1 Å². The first-order valence-corrected chi connectivity index (χ1v) is 8.54. The number of para-hydroxylation sites is 1. The monoisotopic (exact) mass is 336 g/mol. The molecule has 2 fully saturated rings. The van der Waals surface area contributed by atoms with Crippen LogP contribution in [0, 0.1) is 11.5 Å². The number of likely N-dealkylation sites (tertiary alicyclic amines) is 2. The molecule has 7 nitrogen and oxygen atoms in total. The van der Waals surface area contributed by atoms with Gasteiger partial charge in [0.2, 0.25) is 0 Å². The van der Waals surface area contributed by atoms with Crippen LogP contribution in [0.4, 0.5) is 4.79 Å². The summed E-state index contributed by atoms with van der Waals surface area (Å²) in [5.41, 5.74) is 2.05. The van der Waals surface area contributed by atoms with E-state index < -0.39 is 0 Å². The normalized spacial score (nSPS) is 20.2. The Kier molecular flexibility index (Phi) is 4.02. The van der Waals surface area contributed by atoms with Gasteiger partial charge in [-0.15, -0.1) is 0 Å². The zero-order chi connectivity index (χ0) is 17.2. The molecule has 1 N–H and O–H groups in total. The van der Waals surface area contributed by atoms with E-state index in [-0.39, 0.29) is 18.0 Å². The number of hydrogen-bond donors (Lipinski definition) is 1. The maximum atomic E-state index is 12.3. The van der Waals surface area contributed by atoms with E-state index in [4.69, 9.17) is 5.26 Å². The van der Waals surface area contributed by atoms with Crippen molar-refractivity contribution in [1.29, 1.82) is 5.26 Å². The van der Waals surface area contributed by atoms with Crippen molar-refractivity contribution in [1.82, 2.24) is 24.9 Å². The zero-order valence-corrected chi connectivity index (χ0v) is 13.9. The zero-order valence-electron chi connectivity index (χ0n) is 13.9. The number of amides is 2. The molecule has 0 bridgehead atoms. The first-order valence-electron chi connectivity index (χ1n) is 8.54. The van der Waals surface area contributed by atoms with Crippen LogP contribution in [0.2, 0.25) is 0 Å². The van der Waals surface area contributed by atoms with Crippen LogP contribution in [-0.4, -0.2) is 57.8 Å². The van der Waals surface area contributed by atoms with Crippen LogP contribution in [0.15, 0.2) is 42.6 Å². The highest BCUT2D eigenvalue weighted by Gasteiger charge is 2.34. The van der Waals surface area contributed by atoms with Crippen LogP contribution in [0.5, 0.6) is 0 Å². The Morgan fingerprint density at radius 1 is 1.20 bits per heavy atom. The highest BCUT2D eigenvalue weighted by atomic mass is 16.2. The second-order valence-corrected chi connectivity index (χ2v) is 6.60. The van der Waals surface area contributed by atoms with E-state index >= 15 is 0 Å². The molecular formula is C18H20N6O. The lowest BCUT2D eigenvalue weighted by Gasteiger charge is -2.38. The van der Waals surface area contributed by atoms with Gasteiger partial charge in [-0.05, 0) is 24.6 Å². The lowest BCUT2D eigenvalue weighted by molar-refractivity contribution is 0.147. The highest BCUT2D eigenvalue weighted by molar-refractivity contribution is 5.75. The molecule has 2 saturated heterocycles. The standard InChI is InChI=1S/C18H20N6O/c19-13-22-8-6-15(12-22)20-18(25)23-10-14(11-23)17-7-9-24(21-17)16-4-2-1-3-5-16/h1-5,7,9,14-15H,6,8,10-12H2,(H,20,25). The van der Waals surface area contributed by atoms with Gasteiger partial charge in [-0.3, -0.25) is 0 Å². The summed E-state index contributed by atoms with van der Waals surface area (Å²) in [5, 5.41) is 16.5. The molecule has 0 saturated carbocycles. The van der Waals surface area contributed by atoms with Crippen molar-refractivity contribution in [3.63, 3.8) is 0 Å². The van der Waals surface area contributed by atoms with E-state index in [2.05, 4.69) is 16.6 Å². The highest BCUT2D eigenvalue weighted by Crippen LogP contribution is 2.26. The molecular weight excluding hydrogens is 316 g/mol. The summed E-state index contributed by atoms with van der Waals surface area (Å²) in [6.45, 7) is 2.71. The lowest BCUT2D eigenvalue weighted by Crippen LogP contribution is -2.54. The first-order chi connectivity index (χ1) is 12.2. The molecule has 1 aromatic heterocycles. The number of carbonyl (C=O) groups is 1. The molecule has 0 aliphatic carbocycles. The fourth-order valence-corrected chi connectivity index (χ4v) is 3.35. The molecule has 128 valence electrons. The predicted octanol–water partition coefficient (Wildman–Crippen LogP) is 1.54. The molecule has 2 aromatic rings. The van der Waals surface area contributed by atoms with Gasteiger partial charge in [0.05, 0.1) is 17.4 Å². The topological polar surface area (TPSA) is 77.2 Å². The number of benzene rings is 1. The molecule has 7 heteroatoms. The molecule has 3 heterocycles. The smallest absolute Gasteiger partial charge is 0.317 e. The minimum Gasteiger partial charge on any atom is -0.333 e. The second kappa shape index (κ2) is 6.48. The van der Waals surface area contributed by atoms with E-state index in [1.165, 1.54) is 0 Å². The van der Waals surface area contributed by atoms with E-state index in [1.807, 2.05) is 47.3 Å². The third-order valence-corrected chi connectivity index (χ3v) is 4.87. The number of nitriles is 1. The molecule has 25 heavy (non-hydrogen) atoms. The minimum absolute atomic E-state index is 0.0384. The Hall–Kier alpha value is -3.01. The molecule has 2 amide bonds. The molecule has 0 spiro atoms. The average Bonchev–Trinajstić information content (AvgIpc) is 3.24. The van der Waals surface area contributed by atoms with Crippen LogP contribution in [-0.2, 0) is 0 Å². The Labute approximate surface area is 146 Å². The lowest BCUT2D eigenvalue weighted by atomic mass is 9.97. The molecule has 1 atom stereocenters. The molecule has 0 radical (unpaired) electrons. The van der Waals surface area contributed by atoms with Gasteiger partial charge in [0.1, 0.15) is 0 Å². The molecule has 4 rings (SSSR count). The van der Waals surface area contributed by atoms with Crippen molar-refractivity contribution >= 4 is 6.03 Å². The Bertz CT molecular complexity index is 789. The Morgan fingerprint density at radius 2 is 2.00 bits per heavy atom. The van der Waals surface area contributed by atoms with Crippen LogP contribution < -0.4 is 5.32 Å². The van der Waals surface area contributed by atoms with Gasteiger partial charge in [0.15, 0.2) is 6.19 Å². The van der Waals surface area contributed by atoms with Crippen molar-refractivity contribution < 1.29 is 4.79 Å². The summed E-state index contributed by atoms with van der Waals surface area (Å²) in [4.78, 5) is 15.8. The number of nitrogens with zero attached hydrogens (tertiary/aromatic N) is 5. The van der Waals surface area contributed by atoms with Gasteiger partial charge in [-0.2, -0.15) is 10.4 Å². The summed E-state index contributed by atoms with van der Waals surface area (Å²) in [5.74, 6) is 0.287. The summed E-state index contributed by atoms with van der Waals surface area (Å²) in [6.07, 6.45) is 4.92. The number of rotatable bonds is 3. The Morgan fingerprint density at radius 3 is 2.72 bits per heavy atom. The predicted molar refractivity (Wildman–Crippen MR) is 92.0 cm³/mol. The third kappa shape index (κ3) is 3.15. The van der Waals surface area contributed by atoms with Crippen LogP contribution in [0.3, 0.4) is 0 Å². The van der Waals surface area contributed by atoms with E-state index in [1.54, 1.807) is 9.80 Å². The molecule has 2 aliphatic rings. The summed E-state index contributed by atoms with van der Waals surface area (Å²) >= 11 is 0. The molecule has 1 unspecified atom stereocenters. The van der Waals surface area contributed by atoms with Crippen molar-refractivity contribution in [3.8, 4) is 11.9 Å². The average molecular weight is 336 g/mol. The fourth-order valence-electron chi connectivity index (χ4n) is 3.35. The van der Waals surface area contributed by atoms with E-state index in [0.717, 1.165) is 24.3 Å². The number of aromatic nitrogens is 2. The van der Waals surface area contributed by atoms with E-state index in [0.29, 0.717) is 19.6 Å². The largest absolute Gasteiger partial charge is 0.333 e. The number of nitrogens with one attached hydrogen (secondary N) is 1. The molecule has 2 aliphatic heterocycles. The first kappa shape index (κ1) is 15.5. The number of hydrogen-bond acceptors (Lipinski definition) is 4. The summed E-state index contributed by atoms with van der Waals surface area (Å²) in [7, 11) is 0. The van der Waals surface area contributed by atoms with Gasteiger partial charge in [-0.25, -0.2) is 9.48 Å². The third-order valence-electron chi connectivity index (χ3n) is 4.87. The summed E-state index contributed by atoms with van der Waals surface area (Å²) in [6, 6.07) is 12.1. The quantitative estimate of drug-likeness (QED) is 0.863. The van der Waals surface area contributed by atoms with Crippen LogP contribution in [0.25, 0.3) is 5.69 Å². The SMILES string of the molecule is N#CN1CCC(NC(=O)N2CC(c3ccn(-c4ccccc4)n3)C2)C1. The maximum Gasteiger partial charge on any atom is 0.317 e. The molecule has 1 aromatic carbocycles. The van der Waals surface area contributed by atoms with Crippen LogP contribution in [0.1, 0.15) is 18.0 Å². The van der Waals surface area contributed by atoms with Crippen LogP contribution >= 0.6 is 0 Å². The van der Waals surface area contributed by atoms with Crippen molar-refractivity contribution in [2.75, 3.05) is 26.2 Å². The van der Waals surface area contributed by atoms with E-state index in [9.17, 15) is 4.79 Å². The maximum absolute atomic E-state index is 12.3. The van der Waals surface area contributed by atoms with Gasteiger partial charge >= 0.3 is 6.03 Å². The minimum atomic E-state index is -0.0384. The van der Waals surface area contributed by atoms with Gasteiger partial charge in [0, 0.05) is 38.3 Å². The van der Waals surface area contributed by atoms with Crippen molar-refractivity contribution in [2.24, 2.45) is 0 Å².